The molecule has 0 spiro atoms. The van der Waals surface area contributed by atoms with E-state index in [-0.39, 0.29) is 5.89 Å². The van der Waals surface area contributed by atoms with Gasteiger partial charge < -0.3 is 18.6 Å². The number of fused-ring (bicyclic) bond motifs is 6. The number of rotatable bonds is 6. The SMILES string of the molecule is CCC(/C=C1\Oc2ccc3ccccc3c2N1CC)=C\c1oc2ccc3ccccc3c2[n+]1CS(=O)(=O)[O-]. The molecule has 1 aromatic heterocycles. The maximum atomic E-state index is 11.9. The third kappa shape index (κ3) is 4.21. The van der Waals surface area contributed by atoms with Gasteiger partial charge in [-0.15, -0.1) is 4.57 Å². The summed E-state index contributed by atoms with van der Waals surface area (Å²) in [4.78, 5) is 2.13. The van der Waals surface area contributed by atoms with Gasteiger partial charge in [0.05, 0.1) is 17.1 Å². The molecular formula is C30H26N2O5S. The first-order valence-electron chi connectivity index (χ1n) is 12.5. The van der Waals surface area contributed by atoms with Crippen LogP contribution in [-0.2, 0) is 16.0 Å². The van der Waals surface area contributed by atoms with Crippen molar-refractivity contribution in [3.63, 3.8) is 0 Å². The number of allylic oxidation sites excluding steroid dienone is 2. The topological polar surface area (TPSA) is 86.7 Å². The molecule has 0 atom stereocenters. The van der Waals surface area contributed by atoms with E-state index in [9.17, 15) is 13.0 Å². The van der Waals surface area contributed by atoms with Crippen molar-refractivity contribution in [2.75, 3.05) is 11.4 Å². The van der Waals surface area contributed by atoms with Gasteiger partial charge in [-0.25, -0.2) is 8.42 Å². The molecule has 0 aliphatic carbocycles. The number of ether oxygens (including phenoxy) is 1. The molecule has 0 radical (unpaired) electrons. The van der Waals surface area contributed by atoms with E-state index < -0.39 is 16.0 Å². The summed E-state index contributed by atoms with van der Waals surface area (Å²) >= 11 is 0. The van der Waals surface area contributed by atoms with Crippen LogP contribution in [0.4, 0.5) is 5.69 Å². The molecule has 0 amide bonds. The fourth-order valence-electron chi connectivity index (χ4n) is 5.13. The molecule has 0 fully saturated rings. The summed E-state index contributed by atoms with van der Waals surface area (Å²) in [6, 6.07) is 23.6. The lowest BCUT2D eigenvalue weighted by Gasteiger charge is -2.17. The minimum atomic E-state index is -4.59. The van der Waals surface area contributed by atoms with Crippen LogP contribution in [0.1, 0.15) is 26.2 Å². The quantitative estimate of drug-likeness (QED) is 0.197. The maximum Gasteiger partial charge on any atom is 0.375 e. The minimum absolute atomic E-state index is 0.286. The zero-order chi connectivity index (χ0) is 26.4. The van der Waals surface area contributed by atoms with E-state index in [1.807, 2.05) is 67.6 Å². The van der Waals surface area contributed by atoms with Crippen molar-refractivity contribution in [2.45, 2.75) is 26.1 Å². The molecule has 2 heterocycles. The van der Waals surface area contributed by atoms with Gasteiger partial charge in [-0.05, 0) is 47.9 Å². The smallest absolute Gasteiger partial charge is 0.375 e. The first-order chi connectivity index (χ1) is 18.4. The highest BCUT2D eigenvalue weighted by Crippen LogP contribution is 2.44. The van der Waals surface area contributed by atoms with Crippen LogP contribution in [0, 0.1) is 0 Å². The summed E-state index contributed by atoms with van der Waals surface area (Å²) in [7, 11) is -4.59. The zero-order valence-electron chi connectivity index (χ0n) is 21.0. The molecule has 7 nitrogen and oxygen atoms in total. The molecule has 6 rings (SSSR count). The number of hydrogen-bond donors (Lipinski definition) is 0. The summed E-state index contributed by atoms with van der Waals surface area (Å²) < 4.78 is 49.6. The van der Waals surface area contributed by atoms with Gasteiger partial charge in [-0.2, -0.15) is 0 Å². The Morgan fingerprint density at radius 1 is 0.947 bits per heavy atom. The van der Waals surface area contributed by atoms with Crippen molar-refractivity contribution in [1.29, 1.82) is 0 Å². The molecule has 192 valence electrons. The lowest BCUT2D eigenvalue weighted by atomic mass is 10.1. The molecule has 1 aliphatic heterocycles. The Bertz CT molecular complexity index is 1890. The first-order valence-corrected chi connectivity index (χ1v) is 14.1. The average molecular weight is 527 g/mol. The van der Waals surface area contributed by atoms with E-state index in [0.29, 0.717) is 29.9 Å². The standard InChI is InChI=1S/C30H26N2O5S/c1-3-20(17-27-31(4-2)29-23-11-7-5-9-21(23)13-15-25(29)36-27)18-28-32(19-38(33,34)35)30-24-12-8-6-10-22(24)14-16-26(30)37-28/h5-18H,3-4,19H2,1-2H3. The molecule has 5 aromatic rings. The van der Waals surface area contributed by atoms with Crippen LogP contribution >= 0.6 is 0 Å². The van der Waals surface area contributed by atoms with Gasteiger partial charge in [0.2, 0.25) is 17.3 Å². The van der Waals surface area contributed by atoms with E-state index in [2.05, 4.69) is 24.0 Å². The Hall–Kier alpha value is -4.14. The lowest BCUT2D eigenvalue weighted by Crippen LogP contribution is -2.39. The van der Waals surface area contributed by atoms with Gasteiger partial charge in [0.1, 0.15) is 0 Å². The molecular weight excluding hydrogens is 500 g/mol. The molecule has 0 N–H and O–H groups in total. The highest BCUT2D eigenvalue weighted by atomic mass is 32.2. The third-order valence-electron chi connectivity index (χ3n) is 6.86. The number of aromatic nitrogens is 1. The number of oxazole rings is 1. The van der Waals surface area contributed by atoms with Crippen LogP contribution in [0.2, 0.25) is 0 Å². The van der Waals surface area contributed by atoms with Crippen molar-refractivity contribution in [3.8, 4) is 5.75 Å². The van der Waals surface area contributed by atoms with E-state index in [4.69, 9.17) is 9.15 Å². The number of nitrogens with zero attached hydrogens (tertiary/aromatic N) is 2. The van der Waals surface area contributed by atoms with Crippen molar-refractivity contribution >= 4 is 54.5 Å². The van der Waals surface area contributed by atoms with Crippen LogP contribution < -0.4 is 14.2 Å². The van der Waals surface area contributed by atoms with E-state index in [1.165, 1.54) is 4.57 Å². The van der Waals surface area contributed by atoms with E-state index in [0.717, 1.165) is 38.6 Å². The second-order valence-electron chi connectivity index (χ2n) is 9.22. The molecule has 0 unspecified atom stereocenters. The fourth-order valence-corrected chi connectivity index (χ4v) is 5.70. The highest BCUT2D eigenvalue weighted by Gasteiger charge is 2.29. The van der Waals surface area contributed by atoms with Crippen LogP contribution in [0.5, 0.6) is 5.75 Å². The fraction of sp³-hybridized carbons (Fsp3) is 0.167. The molecule has 8 heteroatoms. The van der Waals surface area contributed by atoms with Crippen molar-refractivity contribution < 1.29 is 26.7 Å². The molecule has 0 saturated heterocycles. The van der Waals surface area contributed by atoms with Gasteiger partial charge in [-0.1, -0.05) is 61.5 Å². The Morgan fingerprint density at radius 2 is 1.63 bits per heavy atom. The van der Waals surface area contributed by atoms with Gasteiger partial charge >= 0.3 is 5.89 Å². The lowest BCUT2D eigenvalue weighted by molar-refractivity contribution is -0.658. The Labute approximate surface area is 220 Å². The number of anilines is 1. The van der Waals surface area contributed by atoms with Crippen LogP contribution in [0.3, 0.4) is 0 Å². The number of hydrogen-bond acceptors (Lipinski definition) is 6. The minimum Gasteiger partial charge on any atom is -0.743 e. The Morgan fingerprint density at radius 3 is 2.34 bits per heavy atom. The molecule has 0 saturated carbocycles. The Kier molecular flexibility index (Phi) is 5.93. The summed E-state index contributed by atoms with van der Waals surface area (Å²) in [5.74, 6) is 1.02. The van der Waals surface area contributed by atoms with E-state index >= 15 is 0 Å². The second-order valence-corrected chi connectivity index (χ2v) is 10.6. The Balaban J connectivity index is 1.49. The van der Waals surface area contributed by atoms with Crippen LogP contribution in [0.15, 0.2) is 94.7 Å². The van der Waals surface area contributed by atoms with E-state index in [1.54, 1.807) is 12.1 Å². The summed E-state index contributed by atoms with van der Waals surface area (Å²) in [6.07, 6.45) is 4.36. The molecule has 38 heavy (non-hydrogen) atoms. The van der Waals surface area contributed by atoms with Gasteiger partial charge in [0, 0.05) is 18.0 Å². The van der Waals surface area contributed by atoms with Crippen LogP contribution in [0.25, 0.3) is 38.7 Å². The van der Waals surface area contributed by atoms with Gasteiger partial charge in [-0.3, -0.25) is 0 Å². The predicted molar refractivity (Wildman–Crippen MR) is 148 cm³/mol. The number of benzene rings is 4. The van der Waals surface area contributed by atoms with Gasteiger partial charge in [0.15, 0.2) is 15.9 Å². The van der Waals surface area contributed by atoms with Crippen molar-refractivity contribution in [3.05, 3.63) is 96.2 Å². The van der Waals surface area contributed by atoms with Gasteiger partial charge in [0.25, 0.3) is 5.52 Å². The molecule has 1 aliphatic rings. The second kappa shape index (κ2) is 9.31. The normalized spacial score (nSPS) is 15.1. The summed E-state index contributed by atoms with van der Waals surface area (Å²) in [5, 5.41) is 3.98. The predicted octanol–water partition coefficient (Wildman–Crippen LogP) is 6.08. The zero-order valence-corrected chi connectivity index (χ0v) is 21.9. The average Bonchev–Trinajstić information content (AvgIpc) is 3.44. The summed E-state index contributed by atoms with van der Waals surface area (Å²) in [6.45, 7) is 4.78. The highest BCUT2D eigenvalue weighted by molar-refractivity contribution is 7.84. The largest absolute Gasteiger partial charge is 0.743 e. The first kappa shape index (κ1) is 24.2. The molecule has 0 bridgehead atoms. The monoisotopic (exact) mass is 526 g/mol. The third-order valence-corrected chi connectivity index (χ3v) is 7.43. The van der Waals surface area contributed by atoms with Crippen molar-refractivity contribution in [2.24, 2.45) is 0 Å². The van der Waals surface area contributed by atoms with Crippen LogP contribution in [-0.4, -0.2) is 19.5 Å². The summed E-state index contributed by atoms with van der Waals surface area (Å²) in [5.41, 5.74) is 2.96. The maximum absolute atomic E-state index is 11.9. The van der Waals surface area contributed by atoms with Crippen molar-refractivity contribution in [1.82, 2.24) is 0 Å². The molecule has 4 aromatic carbocycles.